The molecule has 0 aliphatic heterocycles. The number of para-hydroxylation sites is 1. The van der Waals surface area contributed by atoms with Gasteiger partial charge >= 0.3 is 5.97 Å². The lowest BCUT2D eigenvalue weighted by atomic mass is 10.2. The predicted octanol–water partition coefficient (Wildman–Crippen LogP) is 2.06. The second kappa shape index (κ2) is 9.99. The number of hydrogen-bond donors (Lipinski definition) is 3. The van der Waals surface area contributed by atoms with E-state index in [1.165, 1.54) is 17.1 Å². The Hall–Kier alpha value is -3.00. The molecule has 3 aromatic rings. The normalized spacial score (nSPS) is 9.60. The summed E-state index contributed by atoms with van der Waals surface area (Å²) in [6.45, 7) is 7.14. The molecule has 0 fully saturated rings. The lowest BCUT2D eigenvalue weighted by Gasteiger charge is -2.01. The number of aromatic amines is 1. The molecule has 1 aromatic carbocycles. The van der Waals surface area contributed by atoms with Crippen LogP contribution in [-0.2, 0) is 0 Å². The van der Waals surface area contributed by atoms with Crippen molar-refractivity contribution in [3.63, 3.8) is 0 Å². The SMILES string of the molecule is CC.CCNC.O=C(O)c1cnn(-c2nc3ccccc3c(=O)[nH]2)c1. The van der Waals surface area contributed by atoms with Gasteiger partial charge in [0.2, 0.25) is 5.95 Å². The Bertz CT molecular complexity index is 868. The summed E-state index contributed by atoms with van der Waals surface area (Å²) in [6.07, 6.45) is 2.48. The number of benzene rings is 1. The molecular weight excluding hydrogens is 322 g/mol. The quantitative estimate of drug-likeness (QED) is 0.670. The van der Waals surface area contributed by atoms with Crippen LogP contribution in [-0.4, -0.2) is 44.4 Å². The van der Waals surface area contributed by atoms with Crippen LogP contribution >= 0.6 is 0 Å². The van der Waals surface area contributed by atoms with E-state index in [0.717, 1.165) is 6.54 Å². The van der Waals surface area contributed by atoms with E-state index in [1.54, 1.807) is 24.3 Å². The summed E-state index contributed by atoms with van der Waals surface area (Å²) in [5, 5.41) is 16.1. The number of carboxylic acids is 1. The van der Waals surface area contributed by atoms with Gasteiger partial charge in [-0.3, -0.25) is 9.78 Å². The molecule has 0 radical (unpaired) electrons. The van der Waals surface area contributed by atoms with Crippen molar-refractivity contribution in [3.05, 3.63) is 52.6 Å². The number of carboxylic acid groups (broad SMARTS) is 1. The molecule has 0 amide bonds. The molecule has 0 spiro atoms. The van der Waals surface area contributed by atoms with Crippen LogP contribution in [0.3, 0.4) is 0 Å². The molecule has 0 aliphatic carbocycles. The summed E-state index contributed by atoms with van der Waals surface area (Å²) in [5.41, 5.74) is 0.248. The van der Waals surface area contributed by atoms with Crippen LogP contribution in [0, 0.1) is 0 Å². The Morgan fingerprint density at radius 2 is 1.96 bits per heavy atom. The Morgan fingerprint density at radius 3 is 2.52 bits per heavy atom. The van der Waals surface area contributed by atoms with Gasteiger partial charge in [0.1, 0.15) is 0 Å². The lowest BCUT2D eigenvalue weighted by molar-refractivity contribution is 0.0697. The Balaban J connectivity index is 0.000000461. The fourth-order valence-corrected chi connectivity index (χ4v) is 1.73. The number of H-pyrrole nitrogens is 1. The van der Waals surface area contributed by atoms with Crippen molar-refractivity contribution >= 4 is 16.9 Å². The zero-order chi connectivity index (χ0) is 18.8. The van der Waals surface area contributed by atoms with Crippen LogP contribution < -0.4 is 10.9 Å². The van der Waals surface area contributed by atoms with Gasteiger partial charge < -0.3 is 10.4 Å². The van der Waals surface area contributed by atoms with Gasteiger partial charge in [-0.05, 0) is 25.7 Å². The van der Waals surface area contributed by atoms with E-state index in [2.05, 4.69) is 27.3 Å². The smallest absolute Gasteiger partial charge is 0.338 e. The molecule has 0 unspecified atom stereocenters. The Kier molecular flexibility index (Phi) is 8.01. The molecule has 0 saturated carbocycles. The summed E-state index contributed by atoms with van der Waals surface area (Å²) in [5.74, 6) is -0.911. The first-order valence-electron chi connectivity index (χ1n) is 7.98. The standard InChI is InChI=1S/C12H8N4O3.C3H9N.C2H6/c17-10-8-3-1-2-4-9(8)14-12(15-10)16-6-7(5-13-16)11(18)19;1-3-4-2;1-2/h1-6H,(H,18,19)(H,14,15,17);4H,3H2,1-2H3;1-2H3. The highest BCUT2D eigenvalue weighted by Gasteiger charge is 2.09. The number of aromatic carboxylic acids is 1. The average molecular weight is 345 g/mol. The van der Waals surface area contributed by atoms with Crippen molar-refractivity contribution in [2.75, 3.05) is 13.6 Å². The van der Waals surface area contributed by atoms with Crippen molar-refractivity contribution in [3.8, 4) is 5.95 Å². The average Bonchev–Trinajstić information content (AvgIpc) is 3.14. The molecule has 0 saturated heterocycles. The number of nitrogens with zero attached hydrogens (tertiary/aromatic N) is 3. The van der Waals surface area contributed by atoms with E-state index in [1.807, 2.05) is 20.9 Å². The topological polar surface area (TPSA) is 113 Å². The van der Waals surface area contributed by atoms with E-state index < -0.39 is 5.97 Å². The highest BCUT2D eigenvalue weighted by atomic mass is 16.4. The van der Waals surface area contributed by atoms with Gasteiger partial charge in [-0.15, -0.1) is 0 Å². The second-order valence-corrected chi connectivity index (χ2v) is 4.59. The van der Waals surface area contributed by atoms with E-state index in [0.29, 0.717) is 10.9 Å². The summed E-state index contributed by atoms with van der Waals surface area (Å²) in [7, 11) is 1.93. The zero-order valence-corrected chi connectivity index (χ0v) is 14.8. The maximum Gasteiger partial charge on any atom is 0.338 e. The minimum Gasteiger partial charge on any atom is -0.478 e. The van der Waals surface area contributed by atoms with Crippen molar-refractivity contribution in [2.24, 2.45) is 0 Å². The number of nitrogens with one attached hydrogen (secondary N) is 2. The lowest BCUT2D eigenvalue weighted by Crippen LogP contribution is -2.13. The van der Waals surface area contributed by atoms with Crippen LogP contribution in [0.15, 0.2) is 41.5 Å². The Morgan fingerprint density at radius 1 is 1.32 bits per heavy atom. The molecule has 8 nitrogen and oxygen atoms in total. The van der Waals surface area contributed by atoms with Gasteiger partial charge in [0.25, 0.3) is 5.56 Å². The summed E-state index contributed by atoms with van der Waals surface area (Å²) in [6, 6.07) is 6.88. The summed E-state index contributed by atoms with van der Waals surface area (Å²) < 4.78 is 1.22. The van der Waals surface area contributed by atoms with Crippen molar-refractivity contribution in [2.45, 2.75) is 20.8 Å². The monoisotopic (exact) mass is 345 g/mol. The maximum absolute atomic E-state index is 11.9. The highest BCUT2D eigenvalue weighted by molar-refractivity contribution is 5.87. The van der Waals surface area contributed by atoms with E-state index >= 15 is 0 Å². The van der Waals surface area contributed by atoms with Gasteiger partial charge in [0, 0.05) is 6.20 Å². The van der Waals surface area contributed by atoms with Crippen molar-refractivity contribution in [1.82, 2.24) is 25.1 Å². The molecule has 0 atom stereocenters. The van der Waals surface area contributed by atoms with E-state index in [4.69, 9.17) is 5.11 Å². The molecule has 2 aromatic heterocycles. The predicted molar refractivity (Wildman–Crippen MR) is 97.4 cm³/mol. The molecule has 134 valence electrons. The van der Waals surface area contributed by atoms with E-state index in [9.17, 15) is 9.59 Å². The molecule has 3 N–H and O–H groups in total. The second-order valence-electron chi connectivity index (χ2n) is 4.59. The molecule has 0 aliphatic rings. The molecule has 25 heavy (non-hydrogen) atoms. The van der Waals surface area contributed by atoms with Crippen molar-refractivity contribution < 1.29 is 9.90 Å². The number of hydrogen-bond acceptors (Lipinski definition) is 5. The molecule has 0 bridgehead atoms. The first kappa shape index (κ1) is 20.0. The van der Waals surface area contributed by atoms with Crippen LogP contribution in [0.25, 0.3) is 16.9 Å². The largest absolute Gasteiger partial charge is 0.478 e. The maximum atomic E-state index is 11.9. The molecule has 8 heteroatoms. The first-order chi connectivity index (χ1) is 12.1. The van der Waals surface area contributed by atoms with Gasteiger partial charge in [-0.25, -0.2) is 14.5 Å². The van der Waals surface area contributed by atoms with E-state index in [-0.39, 0.29) is 17.1 Å². The third-order valence-corrected chi connectivity index (χ3v) is 3.00. The highest BCUT2D eigenvalue weighted by Crippen LogP contribution is 2.08. The zero-order valence-electron chi connectivity index (χ0n) is 14.8. The number of rotatable bonds is 3. The number of fused-ring (bicyclic) bond motifs is 1. The van der Waals surface area contributed by atoms with Crippen LogP contribution in [0.1, 0.15) is 31.1 Å². The number of carbonyl (C=O) groups is 1. The third-order valence-electron chi connectivity index (χ3n) is 3.00. The fourth-order valence-electron chi connectivity index (χ4n) is 1.73. The molecule has 2 heterocycles. The van der Waals surface area contributed by atoms with Crippen LogP contribution in [0.2, 0.25) is 0 Å². The fraction of sp³-hybridized carbons (Fsp3) is 0.294. The van der Waals surface area contributed by atoms with Gasteiger partial charge in [-0.1, -0.05) is 32.9 Å². The Labute approximate surface area is 145 Å². The van der Waals surface area contributed by atoms with Gasteiger partial charge in [0.15, 0.2) is 0 Å². The first-order valence-corrected chi connectivity index (χ1v) is 7.98. The van der Waals surface area contributed by atoms with Crippen LogP contribution in [0.4, 0.5) is 0 Å². The van der Waals surface area contributed by atoms with Crippen molar-refractivity contribution in [1.29, 1.82) is 0 Å². The summed E-state index contributed by atoms with van der Waals surface area (Å²) in [4.78, 5) is 29.4. The van der Waals surface area contributed by atoms with Gasteiger partial charge in [-0.2, -0.15) is 5.10 Å². The molecule has 3 rings (SSSR count). The molecular formula is C17H23N5O3. The minimum atomic E-state index is -1.09. The number of aromatic nitrogens is 4. The third kappa shape index (κ3) is 5.25. The van der Waals surface area contributed by atoms with Gasteiger partial charge in [0.05, 0.1) is 22.7 Å². The summed E-state index contributed by atoms with van der Waals surface area (Å²) >= 11 is 0. The minimum absolute atomic E-state index is 0.0239. The van der Waals surface area contributed by atoms with Crippen LogP contribution in [0.5, 0.6) is 0 Å².